The van der Waals surface area contributed by atoms with Gasteiger partial charge in [-0.05, 0) is 6.42 Å². The molecule has 0 atom stereocenters. The summed E-state index contributed by atoms with van der Waals surface area (Å²) in [5.41, 5.74) is 0.428. The Morgan fingerprint density at radius 3 is 2.40 bits per heavy atom. The molecule has 0 saturated carbocycles. The Balaban J connectivity index is 3.82. The van der Waals surface area contributed by atoms with E-state index >= 15 is 0 Å². The van der Waals surface area contributed by atoms with E-state index in [4.69, 9.17) is 15.8 Å². The SMILES string of the molecule is C=C(CCO)CS(=O)(=O)Cl. The van der Waals surface area contributed by atoms with Crippen molar-refractivity contribution in [1.29, 1.82) is 0 Å². The average Bonchev–Trinajstić information content (AvgIpc) is 1.59. The molecule has 0 aromatic carbocycles. The van der Waals surface area contributed by atoms with E-state index in [1.807, 2.05) is 0 Å². The second-order valence-corrected chi connectivity index (χ2v) is 4.68. The van der Waals surface area contributed by atoms with Gasteiger partial charge in [-0.15, -0.1) is 0 Å². The predicted molar refractivity (Wildman–Crippen MR) is 40.5 cm³/mol. The summed E-state index contributed by atoms with van der Waals surface area (Å²) < 4.78 is 20.7. The number of rotatable bonds is 4. The zero-order chi connectivity index (χ0) is 8.20. The van der Waals surface area contributed by atoms with Crippen molar-refractivity contribution in [3.8, 4) is 0 Å². The molecule has 0 spiro atoms. The summed E-state index contributed by atoms with van der Waals surface area (Å²) in [5.74, 6) is -0.255. The first kappa shape index (κ1) is 9.94. The largest absolute Gasteiger partial charge is 0.396 e. The van der Waals surface area contributed by atoms with E-state index in [0.717, 1.165) is 0 Å². The maximum Gasteiger partial charge on any atom is 0.236 e. The molecule has 0 fully saturated rings. The zero-order valence-corrected chi connectivity index (χ0v) is 6.95. The van der Waals surface area contributed by atoms with E-state index in [1.165, 1.54) is 0 Å². The smallest absolute Gasteiger partial charge is 0.236 e. The fourth-order valence-corrected chi connectivity index (χ4v) is 1.57. The number of halogens is 1. The van der Waals surface area contributed by atoms with Crippen LogP contribution in [0.4, 0.5) is 0 Å². The van der Waals surface area contributed by atoms with Crippen molar-refractivity contribution in [3.05, 3.63) is 12.2 Å². The Bertz CT molecular complexity index is 207. The Labute approximate surface area is 64.7 Å². The van der Waals surface area contributed by atoms with Crippen LogP contribution >= 0.6 is 10.7 Å². The van der Waals surface area contributed by atoms with Crippen LogP contribution in [0.15, 0.2) is 12.2 Å². The van der Waals surface area contributed by atoms with Gasteiger partial charge in [0.05, 0.1) is 5.75 Å². The molecule has 10 heavy (non-hydrogen) atoms. The Hall–Kier alpha value is -0.0600. The van der Waals surface area contributed by atoms with Crippen molar-refractivity contribution in [2.24, 2.45) is 0 Å². The number of aliphatic hydroxyl groups is 1. The minimum atomic E-state index is -3.48. The van der Waals surface area contributed by atoms with E-state index in [1.54, 1.807) is 0 Å². The maximum atomic E-state index is 10.3. The minimum absolute atomic E-state index is 0.0920. The molecule has 0 saturated heterocycles. The standard InChI is InChI=1S/C5H9ClO3S/c1-5(2-3-7)4-10(6,8)9/h7H,1-4H2. The van der Waals surface area contributed by atoms with Crippen LogP contribution in [-0.4, -0.2) is 25.9 Å². The van der Waals surface area contributed by atoms with Gasteiger partial charge in [-0.1, -0.05) is 12.2 Å². The summed E-state index contributed by atoms with van der Waals surface area (Å²) in [6.07, 6.45) is 0.284. The first-order chi connectivity index (χ1) is 4.45. The Kier molecular flexibility index (Phi) is 3.93. The minimum Gasteiger partial charge on any atom is -0.396 e. The van der Waals surface area contributed by atoms with Crippen molar-refractivity contribution in [3.63, 3.8) is 0 Å². The summed E-state index contributed by atoms with van der Waals surface area (Å²) in [6, 6.07) is 0. The van der Waals surface area contributed by atoms with Gasteiger partial charge in [-0.2, -0.15) is 0 Å². The molecule has 0 rings (SSSR count). The molecule has 0 amide bonds. The van der Waals surface area contributed by atoms with Gasteiger partial charge in [0.2, 0.25) is 9.05 Å². The fourth-order valence-electron chi connectivity index (χ4n) is 0.474. The molecule has 0 aliphatic rings. The molecule has 0 aliphatic heterocycles. The normalized spacial score (nSPS) is 11.4. The number of hydrogen-bond donors (Lipinski definition) is 1. The van der Waals surface area contributed by atoms with Crippen LogP contribution in [0.1, 0.15) is 6.42 Å². The van der Waals surface area contributed by atoms with Crippen molar-refractivity contribution >= 4 is 19.7 Å². The van der Waals surface area contributed by atoms with E-state index in [0.29, 0.717) is 5.57 Å². The van der Waals surface area contributed by atoms with Crippen LogP contribution in [0.25, 0.3) is 0 Å². The van der Waals surface area contributed by atoms with Crippen LogP contribution in [0.2, 0.25) is 0 Å². The molecule has 1 N–H and O–H groups in total. The van der Waals surface area contributed by atoms with Gasteiger partial charge in [0.1, 0.15) is 0 Å². The van der Waals surface area contributed by atoms with E-state index in [-0.39, 0.29) is 18.8 Å². The fraction of sp³-hybridized carbons (Fsp3) is 0.600. The van der Waals surface area contributed by atoms with Gasteiger partial charge in [-0.3, -0.25) is 0 Å². The summed E-state index contributed by atoms with van der Waals surface area (Å²) in [7, 11) is 1.41. The lowest BCUT2D eigenvalue weighted by atomic mass is 10.3. The molecule has 0 aromatic heterocycles. The lowest BCUT2D eigenvalue weighted by Crippen LogP contribution is -2.01. The third-order valence-corrected chi connectivity index (χ3v) is 1.92. The molecular weight excluding hydrogens is 176 g/mol. The highest BCUT2D eigenvalue weighted by Crippen LogP contribution is 2.05. The lowest BCUT2D eigenvalue weighted by molar-refractivity contribution is 0.299. The summed E-state index contributed by atoms with van der Waals surface area (Å²) >= 11 is 0. The third-order valence-electron chi connectivity index (χ3n) is 0.842. The van der Waals surface area contributed by atoms with Gasteiger partial charge in [0.25, 0.3) is 0 Å². The monoisotopic (exact) mass is 184 g/mol. The maximum absolute atomic E-state index is 10.3. The number of hydrogen-bond acceptors (Lipinski definition) is 3. The molecule has 0 bridgehead atoms. The first-order valence-electron chi connectivity index (χ1n) is 2.65. The molecule has 0 unspecified atom stereocenters. The van der Waals surface area contributed by atoms with Crippen molar-refractivity contribution in [1.82, 2.24) is 0 Å². The highest BCUT2D eigenvalue weighted by atomic mass is 35.7. The molecule has 3 nitrogen and oxygen atoms in total. The van der Waals surface area contributed by atoms with Crippen LogP contribution in [0.5, 0.6) is 0 Å². The zero-order valence-electron chi connectivity index (χ0n) is 5.38. The Morgan fingerprint density at radius 2 is 2.10 bits per heavy atom. The highest BCUT2D eigenvalue weighted by molar-refractivity contribution is 8.13. The highest BCUT2D eigenvalue weighted by Gasteiger charge is 2.06. The lowest BCUT2D eigenvalue weighted by Gasteiger charge is -1.97. The number of aliphatic hydroxyl groups excluding tert-OH is 1. The van der Waals surface area contributed by atoms with Gasteiger partial charge >= 0.3 is 0 Å². The van der Waals surface area contributed by atoms with Crippen molar-refractivity contribution in [2.45, 2.75) is 6.42 Å². The summed E-state index contributed by atoms with van der Waals surface area (Å²) in [4.78, 5) is 0. The quantitative estimate of drug-likeness (QED) is 0.511. The molecular formula is C5H9ClO3S. The van der Waals surface area contributed by atoms with Gasteiger partial charge in [0.15, 0.2) is 0 Å². The predicted octanol–water partition coefficient (Wildman–Crippen LogP) is 0.494. The second kappa shape index (κ2) is 3.95. The van der Waals surface area contributed by atoms with Crippen LogP contribution in [-0.2, 0) is 9.05 Å². The molecule has 0 aliphatic carbocycles. The molecule has 5 heteroatoms. The van der Waals surface area contributed by atoms with Crippen LogP contribution in [0, 0.1) is 0 Å². The van der Waals surface area contributed by atoms with Crippen LogP contribution < -0.4 is 0 Å². The van der Waals surface area contributed by atoms with Crippen molar-refractivity contribution in [2.75, 3.05) is 12.4 Å². The first-order valence-corrected chi connectivity index (χ1v) is 5.13. The Morgan fingerprint density at radius 1 is 1.60 bits per heavy atom. The molecule has 0 heterocycles. The van der Waals surface area contributed by atoms with Crippen molar-refractivity contribution < 1.29 is 13.5 Å². The van der Waals surface area contributed by atoms with Crippen LogP contribution in [0.3, 0.4) is 0 Å². The van der Waals surface area contributed by atoms with Gasteiger partial charge in [0, 0.05) is 17.3 Å². The van der Waals surface area contributed by atoms with Gasteiger partial charge in [-0.25, -0.2) is 8.42 Å². The van der Waals surface area contributed by atoms with Gasteiger partial charge < -0.3 is 5.11 Å². The average molecular weight is 185 g/mol. The molecule has 0 radical (unpaired) electrons. The second-order valence-electron chi connectivity index (χ2n) is 1.91. The molecule has 60 valence electrons. The molecule has 0 aromatic rings. The third kappa shape index (κ3) is 6.07. The summed E-state index contributed by atoms with van der Waals surface area (Å²) in [6.45, 7) is 3.31. The summed E-state index contributed by atoms with van der Waals surface area (Å²) in [5, 5.41) is 8.33. The van der Waals surface area contributed by atoms with E-state index in [2.05, 4.69) is 6.58 Å². The van der Waals surface area contributed by atoms with E-state index in [9.17, 15) is 8.42 Å². The van der Waals surface area contributed by atoms with E-state index < -0.39 is 9.05 Å². The topological polar surface area (TPSA) is 54.4 Å².